The number of aromatic nitrogens is 3. The Morgan fingerprint density at radius 1 is 1.44 bits per heavy atom. The van der Waals surface area contributed by atoms with E-state index in [-0.39, 0.29) is 17.7 Å². The van der Waals surface area contributed by atoms with Crippen molar-refractivity contribution in [3.63, 3.8) is 0 Å². The maximum atomic E-state index is 12.1. The number of allylic oxidation sites excluding steroid dienone is 5. The number of hydrogen-bond donors (Lipinski definition) is 1. The highest BCUT2D eigenvalue weighted by molar-refractivity contribution is 6.04. The van der Waals surface area contributed by atoms with Gasteiger partial charge in [-0.1, -0.05) is 38.7 Å². The number of pyridine rings is 1. The highest BCUT2D eigenvalue weighted by Crippen LogP contribution is 2.23. The van der Waals surface area contributed by atoms with Crippen LogP contribution in [0.4, 0.5) is 0 Å². The molecule has 0 unspecified atom stereocenters. The Bertz CT molecular complexity index is 870. The van der Waals surface area contributed by atoms with Crippen LogP contribution in [0.15, 0.2) is 41.7 Å². The molecule has 0 fully saturated rings. The van der Waals surface area contributed by atoms with Crippen LogP contribution in [0.5, 0.6) is 0 Å². The fourth-order valence-corrected chi connectivity index (χ4v) is 2.33. The Morgan fingerprint density at radius 2 is 2.12 bits per heavy atom. The molecule has 0 aromatic carbocycles. The summed E-state index contributed by atoms with van der Waals surface area (Å²) in [5.41, 5.74) is 1.67. The van der Waals surface area contributed by atoms with Crippen molar-refractivity contribution in [1.82, 2.24) is 14.8 Å². The molecule has 1 N–H and O–H groups in total. The van der Waals surface area contributed by atoms with Crippen molar-refractivity contribution in [2.75, 3.05) is 6.61 Å². The third kappa shape index (κ3) is 4.35. The molecule has 0 spiro atoms. The molecule has 0 amide bonds. The number of rotatable bonds is 5. The molecule has 0 bridgehead atoms. The van der Waals surface area contributed by atoms with Crippen LogP contribution < -0.4 is 5.56 Å². The molecule has 0 aliphatic rings. The van der Waals surface area contributed by atoms with Crippen LogP contribution in [0.1, 0.15) is 43.7 Å². The van der Waals surface area contributed by atoms with E-state index < -0.39 is 5.97 Å². The summed E-state index contributed by atoms with van der Waals surface area (Å²) in [5.74, 6) is -0.532. The van der Waals surface area contributed by atoms with Gasteiger partial charge in [-0.25, -0.2) is 9.48 Å². The molecular formula is C19H25N3O3. The highest BCUT2D eigenvalue weighted by Gasteiger charge is 2.19. The number of aromatic amines is 1. The summed E-state index contributed by atoms with van der Waals surface area (Å²) in [6.45, 7) is 13.2. The molecule has 134 valence electrons. The van der Waals surface area contributed by atoms with Crippen molar-refractivity contribution < 1.29 is 9.53 Å². The van der Waals surface area contributed by atoms with Crippen molar-refractivity contribution in [2.45, 2.75) is 34.6 Å². The molecule has 0 radical (unpaired) electrons. The topological polar surface area (TPSA) is 77.0 Å². The van der Waals surface area contributed by atoms with E-state index >= 15 is 0 Å². The van der Waals surface area contributed by atoms with E-state index in [0.717, 1.165) is 5.70 Å². The second-order valence-electron chi connectivity index (χ2n) is 4.80. The number of H-pyrrole nitrogens is 1. The number of nitrogens with zero attached hydrogens (tertiary/aromatic N) is 2. The number of hydrogen-bond acceptors (Lipinski definition) is 4. The van der Waals surface area contributed by atoms with Crippen LogP contribution in [-0.4, -0.2) is 27.3 Å². The number of esters is 1. The number of aryl methyl sites for hydroxylation is 1. The molecule has 6 nitrogen and oxygen atoms in total. The molecule has 2 rings (SSSR count). The van der Waals surface area contributed by atoms with Gasteiger partial charge in [0.05, 0.1) is 28.9 Å². The molecule has 6 heteroatoms. The van der Waals surface area contributed by atoms with Gasteiger partial charge in [-0.15, -0.1) is 0 Å². The van der Waals surface area contributed by atoms with Crippen LogP contribution >= 0.6 is 0 Å². The standard InChI is InChI=1S/C17H19N3O3.C2H6/c1-5-8-9-12(6-2)20-16-15(11(4)19-20)13(10-14(21)18-16)17(22)23-7-3;1-2/h5-6,8-10H,1,7H2,2-4H3,(H,18,21);1-2H3/b9-8-,12-6+;. The lowest BCUT2D eigenvalue weighted by Gasteiger charge is -2.05. The first-order chi connectivity index (χ1) is 12.0. The van der Waals surface area contributed by atoms with Crippen LogP contribution in [0.2, 0.25) is 0 Å². The fourth-order valence-electron chi connectivity index (χ4n) is 2.33. The van der Waals surface area contributed by atoms with E-state index in [1.807, 2.05) is 32.9 Å². The monoisotopic (exact) mass is 343 g/mol. The van der Waals surface area contributed by atoms with Gasteiger partial charge < -0.3 is 9.72 Å². The lowest BCUT2D eigenvalue weighted by atomic mass is 10.1. The van der Waals surface area contributed by atoms with E-state index in [4.69, 9.17) is 4.74 Å². The lowest BCUT2D eigenvalue weighted by Crippen LogP contribution is -2.14. The van der Waals surface area contributed by atoms with E-state index in [0.29, 0.717) is 16.7 Å². The molecule has 0 saturated carbocycles. The van der Waals surface area contributed by atoms with Gasteiger partial charge in [0, 0.05) is 6.07 Å². The molecule has 2 aromatic heterocycles. The quantitative estimate of drug-likeness (QED) is 0.661. The van der Waals surface area contributed by atoms with Crippen LogP contribution in [0.25, 0.3) is 16.7 Å². The first-order valence-corrected chi connectivity index (χ1v) is 8.29. The minimum absolute atomic E-state index is 0.220. The van der Waals surface area contributed by atoms with Gasteiger partial charge >= 0.3 is 5.97 Å². The maximum Gasteiger partial charge on any atom is 0.339 e. The smallest absolute Gasteiger partial charge is 0.339 e. The largest absolute Gasteiger partial charge is 0.462 e. The van der Waals surface area contributed by atoms with Gasteiger partial charge in [-0.05, 0) is 26.8 Å². The third-order valence-corrected chi connectivity index (χ3v) is 3.29. The number of carbonyl (C=O) groups excluding carboxylic acids is 1. The molecule has 0 aliphatic carbocycles. The number of fused-ring (bicyclic) bond motifs is 1. The summed E-state index contributed by atoms with van der Waals surface area (Å²) >= 11 is 0. The third-order valence-electron chi connectivity index (χ3n) is 3.29. The Kier molecular flexibility index (Phi) is 7.59. The number of ether oxygens (including phenoxy) is 1. The van der Waals surface area contributed by atoms with Crippen LogP contribution in [0, 0.1) is 6.92 Å². The average molecular weight is 343 g/mol. The molecule has 0 saturated heterocycles. The van der Waals surface area contributed by atoms with E-state index in [1.54, 1.807) is 30.7 Å². The predicted molar refractivity (Wildman–Crippen MR) is 102 cm³/mol. The number of carbonyl (C=O) groups is 1. The molecule has 25 heavy (non-hydrogen) atoms. The minimum Gasteiger partial charge on any atom is -0.462 e. The van der Waals surface area contributed by atoms with Gasteiger partial charge in [0.1, 0.15) is 5.65 Å². The van der Waals surface area contributed by atoms with E-state index in [1.165, 1.54) is 6.07 Å². The SMILES string of the molecule is C=C/C=C\C(=C/C)n1nc(C)c2c(C(=O)OCC)cc(=O)[nH]c21.CC. The Balaban J connectivity index is 0.00000151. The minimum atomic E-state index is -0.532. The molecule has 2 aromatic rings. The summed E-state index contributed by atoms with van der Waals surface area (Å²) in [6, 6.07) is 1.24. The molecule has 0 aliphatic heterocycles. The Hall–Kier alpha value is -2.89. The summed E-state index contributed by atoms with van der Waals surface area (Å²) in [5, 5.41) is 5.02. The zero-order valence-electron chi connectivity index (χ0n) is 15.4. The maximum absolute atomic E-state index is 12.1. The van der Waals surface area contributed by atoms with Crippen molar-refractivity contribution in [3.05, 3.63) is 58.6 Å². The predicted octanol–water partition coefficient (Wildman–Crippen LogP) is 3.84. The van der Waals surface area contributed by atoms with E-state index in [2.05, 4.69) is 16.7 Å². The van der Waals surface area contributed by atoms with Crippen molar-refractivity contribution in [1.29, 1.82) is 0 Å². The van der Waals surface area contributed by atoms with E-state index in [9.17, 15) is 9.59 Å². The zero-order chi connectivity index (χ0) is 19.0. The fraction of sp³-hybridized carbons (Fsp3) is 0.316. The molecule has 2 heterocycles. The summed E-state index contributed by atoms with van der Waals surface area (Å²) in [4.78, 5) is 26.8. The number of nitrogens with one attached hydrogen (secondary N) is 1. The first kappa shape index (κ1) is 20.2. The van der Waals surface area contributed by atoms with Gasteiger partial charge in [0.15, 0.2) is 0 Å². The van der Waals surface area contributed by atoms with Crippen LogP contribution in [-0.2, 0) is 4.74 Å². The van der Waals surface area contributed by atoms with Gasteiger partial charge in [0.25, 0.3) is 0 Å². The summed E-state index contributed by atoms with van der Waals surface area (Å²) < 4.78 is 6.63. The average Bonchev–Trinajstić information content (AvgIpc) is 2.93. The van der Waals surface area contributed by atoms with Gasteiger partial charge in [-0.3, -0.25) is 4.79 Å². The second kappa shape index (κ2) is 9.42. The second-order valence-corrected chi connectivity index (χ2v) is 4.80. The highest BCUT2D eigenvalue weighted by atomic mass is 16.5. The molecular weight excluding hydrogens is 318 g/mol. The summed E-state index contributed by atoms with van der Waals surface area (Å²) in [7, 11) is 0. The van der Waals surface area contributed by atoms with Crippen molar-refractivity contribution in [2.24, 2.45) is 0 Å². The van der Waals surface area contributed by atoms with Gasteiger partial charge in [-0.2, -0.15) is 5.10 Å². The first-order valence-electron chi connectivity index (χ1n) is 8.29. The summed E-state index contributed by atoms with van der Waals surface area (Å²) in [6.07, 6.45) is 7.08. The Morgan fingerprint density at radius 3 is 2.68 bits per heavy atom. The van der Waals surface area contributed by atoms with Crippen molar-refractivity contribution in [3.8, 4) is 0 Å². The van der Waals surface area contributed by atoms with Gasteiger partial charge in [0.2, 0.25) is 5.56 Å². The normalized spacial score (nSPS) is 11.3. The zero-order valence-corrected chi connectivity index (χ0v) is 15.4. The van der Waals surface area contributed by atoms with Crippen molar-refractivity contribution >= 4 is 22.7 Å². The molecule has 0 atom stereocenters. The Labute approximate surface area is 147 Å². The lowest BCUT2D eigenvalue weighted by molar-refractivity contribution is 0.0528. The van der Waals surface area contributed by atoms with Crippen LogP contribution in [0.3, 0.4) is 0 Å².